The zero-order valence-electron chi connectivity index (χ0n) is 10.6. The Morgan fingerprint density at radius 1 is 1.30 bits per heavy atom. The number of hydrogen-bond donors (Lipinski definition) is 1. The van der Waals surface area contributed by atoms with Crippen molar-refractivity contribution in [2.24, 2.45) is 5.10 Å². The lowest BCUT2D eigenvalue weighted by molar-refractivity contribution is -0.384. The van der Waals surface area contributed by atoms with E-state index < -0.39 is 10.8 Å². The van der Waals surface area contributed by atoms with Crippen LogP contribution in [0, 0.1) is 17.0 Å². The topological polar surface area (TPSA) is 97.7 Å². The quantitative estimate of drug-likeness (QED) is 0.524. The molecule has 0 atom stereocenters. The fourth-order valence-electron chi connectivity index (χ4n) is 1.48. The summed E-state index contributed by atoms with van der Waals surface area (Å²) in [4.78, 5) is 21.7. The number of hydrogen-bond acceptors (Lipinski definition) is 5. The van der Waals surface area contributed by atoms with Gasteiger partial charge in [-0.05, 0) is 31.2 Å². The molecule has 1 aromatic carbocycles. The second kappa shape index (κ2) is 5.79. The molecule has 1 N–H and O–H groups in total. The summed E-state index contributed by atoms with van der Waals surface area (Å²) in [5.74, 6) is 0.805. The Bertz CT molecular complexity index is 659. The minimum Gasteiger partial charge on any atom is -0.460 e. The Balaban J connectivity index is 1.98. The van der Waals surface area contributed by atoms with Crippen molar-refractivity contribution < 1.29 is 14.1 Å². The van der Waals surface area contributed by atoms with E-state index in [-0.39, 0.29) is 11.3 Å². The fourth-order valence-corrected chi connectivity index (χ4v) is 1.48. The molecule has 7 nitrogen and oxygen atoms in total. The largest absolute Gasteiger partial charge is 0.460 e. The summed E-state index contributed by atoms with van der Waals surface area (Å²) in [6.07, 6.45) is 1.37. The molecule has 20 heavy (non-hydrogen) atoms. The van der Waals surface area contributed by atoms with E-state index in [2.05, 4.69) is 10.5 Å². The van der Waals surface area contributed by atoms with Crippen molar-refractivity contribution in [1.82, 2.24) is 5.43 Å². The summed E-state index contributed by atoms with van der Waals surface area (Å²) in [6, 6.07) is 8.74. The molecule has 0 aliphatic rings. The monoisotopic (exact) mass is 273 g/mol. The van der Waals surface area contributed by atoms with Gasteiger partial charge < -0.3 is 4.42 Å². The first-order chi connectivity index (χ1) is 9.56. The highest BCUT2D eigenvalue weighted by molar-refractivity contribution is 5.94. The van der Waals surface area contributed by atoms with Crippen LogP contribution in [0.1, 0.15) is 21.9 Å². The number of rotatable bonds is 4. The molecule has 2 aromatic rings. The molecule has 0 radical (unpaired) electrons. The number of hydrazone groups is 1. The molecule has 0 saturated carbocycles. The normalized spacial score (nSPS) is 10.7. The molecule has 1 aromatic heterocycles. The molecule has 0 aliphatic carbocycles. The van der Waals surface area contributed by atoms with Crippen molar-refractivity contribution in [2.75, 3.05) is 0 Å². The minimum atomic E-state index is -0.529. The van der Waals surface area contributed by atoms with Gasteiger partial charge in [0.1, 0.15) is 11.5 Å². The van der Waals surface area contributed by atoms with Gasteiger partial charge in [-0.3, -0.25) is 14.9 Å². The van der Waals surface area contributed by atoms with Gasteiger partial charge in [0, 0.05) is 17.7 Å². The number of aryl methyl sites for hydroxylation is 1. The van der Waals surface area contributed by atoms with Gasteiger partial charge in [-0.25, -0.2) is 5.43 Å². The molecular weight excluding hydrogens is 262 g/mol. The van der Waals surface area contributed by atoms with Gasteiger partial charge in [0.25, 0.3) is 11.6 Å². The van der Waals surface area contributed by atoms with Crippen LogP contribution in [0.5, 0.6) is 0 Å². The van der Waals surface area contributed by atoms with E-state index in [1.807, 2.05) is 0 Å². The van der Waals surface area contributed by atoms with E-state index in [4.69, 9.17) is 4.42 Å². The van der Waals surface area contributed by atoms with Gasteiger partial charge in [0.05, 0.1) is 11.1 Å². The lowest BCUT2D eigenvalue weighted by Crippen LogP contribution is -2.17. The first-order valence-corrected chi connectivity index (χ1v) is 5.70. The van der Waals surface area contributed by atoms with Crippen molar-refractivity contribution >= 4 is 17.8 Å². The number of carbonyl (C=O) groups excluding carboxylic acids is 1. The Morgan fingerprint density at radius 2 is 2.00 bits per heavy atom. The molecule has 1 heterocycles. The third kappa shape index (κ3) is 3.29. The van der Waals surface area contributed by atoms with E-state index in [0.29, 0.717) is 5.76 Å². The molecule has 0 aliphatic heterocycles. The summed E-state index contributed by atoms with van der Waals surface area (Å²) < 4.78 is 5.24. The third-order valence-electron chi connectivity index (χ3n) is 2.46. The summed E-state index contributed by atoms with van der Waals surface area (Å²) in [6.45, 7) is 1.80. The lowest BCUT2D eigenvalue weighted by Gasteiger charge is -1.98. The van der Waals surface area contributed by atoms with E-state index in [0.717, 1.165) is 5.76 Å². The maximum absolute atomic E-state index is 11.7. The van der Waals surface area contributed by atoms with Crippen molar-refractivity contribution in [1.29, 1.82) is 0 Å². The number of non-ortho nitro benzene ring substituents is 1. The average molecular weight is 273 g/mol. The summed E-state index contributed by atoms with van der Waals surface area (Å²) in [7, 11) is 0. The number of nitro benzene ring substituents is 1. The zero-order chi connectivity index (χ0) is 14.5. The summed E-state index contributed by atoms with van der Waals surface area (Å²) in [5, 5.41) is 14.2. The number of nitro groups is 1. The molecule has 102 valence electrons. The number of nitrogens with one attached hydrogen (secondary N) is 1. The highest BCUT2D eigenvalue weighted by atomic mass is 16.6. The smallest absolute Gasteiger partial charge is 0.271 e. The Morgan fingerprint density at radius 3 is 2.55 bits per heavy atom. The SMILES string of the molecule is Cc1ccc(/C=N/NC(=O)c2ccc([N+](=O)[O-])cc2)o1. The van der Waals surface area contributed by atoms with E-state index >= 15 is 0 Å². The van der Waals surface area contributed by atoms with Gasteiger partial charge in [-0.2, -0.15) is 5.10 Å². The van der Waals surface area contributed by atoms with Gasteiger partial charge >= 0.3 is 0 Å². The third-order valence-corrected chi connectivity index (χ3v) is 2.46. The van der Waals surface area contributed by atoms with Gasteiger partial charge in [0.15, 0.2) is 0 Å². The van der Waals surface area contributed by atoms with Crippen LogP contribution in [-0.2, 0) is 0 Å². The molecule has 0 saturated heterocycles. The first-order valence-electron chi connectivity index (χ1n) is 5.70. The first kappa shape index (κ1) is 13.5. The predicted molar refractivity (Wildman–Crippen MR) is 71.6 cm³/mol. The average Bonchev–Trinajstić information content (AvgIpc) is 2.84. The molecule has 1 amide bonds. The van der Waals surface area contributed by atoms with Crippen LogP contribution in [0.25, 0.3) is 0 Å². The van der Waals surface area contributed by atoms with Crippen molar-refractivity contribution in [3.63, 3.8) is 0 Å². The van der Waals surface area contributed by atoms with Crippen molar-refractivity contribution in [2.45, 2.75) is 6.92 Å². The molecule has 0 unspecified atom stereocenters. The highest BCUT2D eigenvalue weighted by Gasteiger charge is 2.08. The lowest BCUT2D eigenvalue weighted by atomic mass is 10.2. The molecule has 0 spiro atoms. The Labute approximate surface area is 114 Å². The Hall–Kier alpha value is -2.96. The maximum Gasteiger partial charge on any atom is 0.271 e. The minimum absolute atomic E-state index is 0.0730. The van der Waals surface area contributed by atoms with Crippen LogP contribution in [-0.4, -0.2) is 17.0 Å². The summed E-state index contributed by atoms with van der Waals surface area (Å²) in [5.41, 5.74) is 2.51. The molecule has 2 rings (SSSR count). The van der Waals surface area contributed by atoms with Crippen LogP contribution in [0.2, 0.25) is 0 Å². The molecule has 0 bridgehead atoms. The second-order valence-electron chi connectivity index (χ2n) is 3.95. The van der Waals surface area contributed by atoms with E-state index in [9.17, 15) is 14.9 Å². The number of nitrogens with zero attached hydrogens (tertiary/aromatic N) is 2. The standard InChI is InChI=1S/C13H11N3O4/c1-9-2-7-12(20-9)8-14-15-13(17)10-3-5-11(6-4-10)16(18)19/h2-8H,1H3,(H,15,17)/b14-8+. The maximum atomic E-state index is 11.7. The number of benzene rings is 1. The zero-order valence-corrected chi connectivity index (χ0v) is 10.6. The number of amides is 1. The fraction of sp³-hybridized carbons (Fsp3) is 0.0769. The predicted octanol–water partition coefficient (Wildman–Crippen LogP) is 2.26. The number of furan rings is 1. The van der Waals surface area contributed by atoms with Crippen LogP contribution in [0.4, 0.5) is 5.69 Å². The van der Waals surface area contributed by atoms with Gasteiger partial charge in [-0.15, -0.1) is 0 Å². The number of carbonyl (C=O) groups is 1. The Kier molecular flexibility index (Phi) is 3.90. The molecule has 0 fully saturated rings. The van der Waals surface area contributed by atoms with Crippen LogP contribution >= 0.6 is 0 Å². The van der Waals surface area contributed by atoms with Crippen LogP contribution in [0.3, 0.4) is 0 Å². The molecule has 7 heteroatoms. The van der Waals surface area contributed by atoms with Crippen molar-refractivity contribution in [3.8, 4) is 0 Å². The van der Waals surface area contributed by atoms with Crippen LogP contribution < -0.4 is 5.43 Å². The van der Waals surface area contributed by atoms with Gasteiger partial charge in [0.2, 0.25) is 0 Å². The van der Waals surface area contributed by atoms with Crippen molar-refractivity contribution in [3.05, 3.63) is 63.6 Å². The van der Waals surface area contributed by atoms with Gasteiger partial charge in [-0.1, -0.05) is 0 Å². The second-order valence-corrected chi connectivity index (χ2v) is 3.95. The van der Waals surface area contributed by atoms with Crippen LogP contribution in [0.15, 0.2) is 45.9 Å². The summed E-state index contributed by atoms with van der Waals surface area (Å²) >= 11 is 0. The molecular formula is C13H11N3O4. The van der Waals surface area contributed by atoms with E-state index in [1.165, 1.54) is 30.5 Å². The van der Waals surface area contributed by atoms with E-state index in [1.54, 1.807) is 19.1 Å². The highest BCUT2D eigenvalue weighted by Crippen LogP contribution is 2.11.